The third-order valence-electron chi connectivity index (χ3n) is 3.93. The zero-order valence-corrected chi connectivity index (χ0v) is 13.9. The van der Waals surface area contributed by atoms with Crippen LogP contribution >= 0.6 is 0 Å². The van der Waals surface area contributed by atoms with Crippen molar-refractivity contribution in [1.82, 2.24) is 0 Å². The molecule has 1 heterocycles. The van der Waals surface area contributed by atoms with E-state index in [1.165, 1.54) is 7.11 Å². The molecule has 0 radical (unpaired) electrons. The highest BCUT2D eigenvalue weighted by Gasteiger charge is 2.38. The van der Waals surface area contributed by atoms with E-state index in [1.54, 1.807) is 7.11 Å². The lowest BCUT2D eigenvalue weighted by molar-refractivity contribution is -0.143. The van der Waals surface area contributed by atoms with Crippen LogP contribution in [0, 0.1) is 6.92 Å². The number of hydrogen-bond acceptors (Lipinski definition) is 5. The van der Waals surface area contributed by atoms with Crippen molar-refractivity contribution in [3.63, 3.8) is 0 Å². The van der Waals surface area contributed by atoms with Crippen molar-refractivity contribution in [2.75, 3.05) is 14.2 Å². The standard InChI is InChI=1S/C19H19NO4/c1-12-5-4-6-14(11-12)17-16(19(21)23-3)20-18(24-17)13-7-9-15(22-2)10-8-13/h4-11,16-17H,1-3H3/t16-,17+/m1/s1. The summed E-state index contributed by atoms with van der Waals surface area (Å²) in [6.07, 6.45) is -0.491. The second-order valence-electron chi connectivity index (χ2n) is 5.58. The maximum Gasteiger partial charge on any atom is 0.335 e. The van der Waals surface area contributed by atoms with Crippen molar-refractivity contribution in [3.05, 3.63) is 65.2 Å². The van der Waals surface area contributed by atoms with Gasteiger partial charge in [-0.1, -0.05) is 29.8 Å². The molecular weight excluding hydrogens is 306 g/mol. The number of aliphatic imine (C=N–C) groups is 1. The van der Waals surface area contributed by atoms with Crippen LogP contribution in [0.1, 0.15) is 22.8 Å². The van der Waals surface area contributed by atoms with Crippen molar-refractivity contribution in [2.24, 2.45) is 4.99 Å². The number of methoxy groups -OCH3 is 2. The van der Waals surface area contributed by atoms with Gasteiger partial charge in [0.05, 0.1) is 14.2 Å². The Balaban J connectivity index is 1.93. The minimum atomic E-state index is -0.714. The summed E-state index contributed by atoms with van der Waals surface area (Å²) in [5.74, 6) is 0.765. The molecule has 0 fully saturated rings. The van der Waals surface area contributed by atoms with Gasteiger partial charge in [-0.05, 0) is 36.8 Å². The minimum absolute atomic E-state index is 0.412. The van der Waals surface area contributed by atoms with Crippen LogP contribution < -0.4 is 4.74 Å². The van der Waals surface area contributed by atoms with E-state index in [0.717, 1.165) is 22.4 Å². The average molecular weight is 325 g/mol. The normalized spacial score (nSPS) is 19.4. The molecule has 0 unspecified atom stereocenters. The smallest absolute Gasteiger partial charge is 0.335 e. The third-order valence-corrected chi connectivity index (χ3v) is 3.93. The molecule has 5 nitrogen and oxygen atoms in total. The van der Waals surface area contributed by atoms with E-state index in [0.29, 0.717) is 5.90 Å². The summed E-state index contributed by atoms with van der Waals surface area (Å²) in [7, 11) is 2.97. The highest BCUT2D eigenvalue weighted by Crippen LogP contribution is 2.32. The number of nitrogens with zero attached hydrogens (tertiary/aromatic N) is 1. The first kappa shape index (κ1) is 16.1. The molecule has 5 heteroatoms. The summed E-state index contributed by atoms with van der Waals surface area (Å²) in [5, 5.41) is 0. The predicted molar refractivity (Wildman–Crippen MR) is 90.3 cm³/mol. The Bertz CT molecular complexity index is 767. The van der Waals surface area contributed by atoms with Crippen LogP contribution in [0.5, 0.6) is 5.75 Å². The van der Waals surface area contributed by atoms with Gasteiger partial charge in [0, 0.05) is 5.56 Å². The molecule has 0 aliphatic carbocycles. The summed E-state index contributed by atoms with van der Waals surface area (Å²) in [4.78, 5) is 16.6. The molecule has 2 atom stereocenters. The molecule has 0 spiro atoms. The van der Waals surface area contributed by atoms with Gasteiger partial charge in [0.1, 0.15) is 5.75 Å². The molecule has 1 aliphatic heterocycles. The van der Waals surface area contributed by atoms with Gasteiger partial charge in [-0.25, -0.2) is 9.79 Å². The number of aryl methyl sites for hydroxylation is 1. The van der Waals surface area contributed by atoms with Crippen LogP contribution in [0.3, 0.4) is 0 Å². The molecule has 1 aliphatic rings. The molecule has 3 rings (SSSR count). The van der Waals surface area contributed by atoms with E-state index in [-0.39, 0.29) is 0 Å². The van der Waals surface area contributed by atoms with Gasteiger partial charge < -0.3 is 14.2 Å². The maximum atomic E-state index is 12.1. The zero-order chi connectivity index (χ0) is 17.1. The molecule has 0 aromatic heterocycles. The largest absolute Gasteiger partial charge is 0.497 e. The van der Waals surface area contributed by atoms with Crippen LogP contribution in [0.2, 0.25) is 0 Å². The van der Waals surface area contributed by atoms with Crippen molar-refractivity contribution in [2.45, 2.75) is 19.1 Å². The molecule has 124 valence electrons. The Kier molecular flexibility index (Phi) is 4.51. The quantitative estimate of drug-likeness (QED) is 0.811. The van der Waals surface area contributed by atoms with Crippen LogP contribution in [0.15, 0.2) is 53.5 Å². The van der Waals surface area contributed by atoms with Crippen LogP contribution in [-0.4, -0.2) is 32.1 Å². The topological polar surface area (TPSA) is 57.1 Å². The molecular formula is C19H19NO4. The zero-order valence-electron chi connectivity index (χ0n) is 13.9. The Hall–Kier alpha value is -2.82. The fourth-order valence-corrected chi connectivity index (χ4v) is 2.68. The van der Waals surface area contributed by atoms with E-state index in [4.69, 9.17) is 14.2 Å². The van der Waals surface area contributed by atoms with Crippen molar-refractivity contribution >= 4 is 11.9 Å². The Labute approximate surface area is 140 Å². The fraction of sp³-hybridized carbons (Fsp3) is 0.263. The van der Waals surface area contributed by atoms with Gasteiger partial charge in [0.25, 0.3) is 0 Å². The van der Waals surface area contributed by atoms with Crippen LogP contribution in [0.4, 0.5) is 0 Å². The Morgan fingerprint density at radius 2 is 1.88 bits per heavy atom. The van der Waals surface area contributed by atoms with Crippen LogP contribution in [-0.2, 0) is 14.3 Å². The van der Waals surface area contributed by atoms with Gasteiger partial charge in [-0.2, -0.15) is 0 Å². The van der Waals surface area contributed by atoms with Gasteiger partial charge in [0.2, 0.25) is 5.90 Å². The number of hydrogen-bond donors (Lipinski definition) is 0. The second kappa shape index (κ2) is 6.74. The number of rotatable bonds is 4. The minimum Gasteiger partial charge on any atom is -0.497 e. The summed E-state index contributed by atoms with van der Waals surface area (Å²) in [6.45, 7) is 2.00. The molecule has 2 aromatic rings. The average Bonchev–Trinajstić information content (AvgIpc) is 3.06. The first-order valence-corrected chi connectivity index (χ1v) is 7.65. The summed E-state index contributed by atoms with van der Waals surface area (Å²) < 4.78 is 16.1. The molecule has 2 aromatic carbocycles. The molecule has 0 saturated carbocycles. The van der Waals surface area contributed by atoms with E-state index >= 15 is 0 Å². The summed E-state index contributed by atoms with van der Waals surface area (Å²) in [6, 6.07) is 14.5. The van der Waals surface area contributed by atoms with Gasteiger partial charge in [-0.3, -0.25) is 0 Å². The number of carbonyl (C=O) groups is 1. The van der Waals surface area contributed by atoms with Crippen molar-refractivity contribution in [1.29, 1.82) is 0 Å². The van der Waals surface area contributed by atoms with E-state index in [2.05, 4.69) is 4.99 Å². The summed E-state index contributed by atoms with van der Waals surface area (Å²) >= 11 is 0. The number of esters is 1. The monoisotopic (exact) mass is 325 g/mol. The number of benzene rings is 2. The molecule has 0 bridgehead atoms. The molecule has 0 amide bonds. The van der Waals surface area contributed by atoms with Crippen molar-refractivity contribution < 1.29 is 19.0 Å². The SMILES string of the molecule is COC(=O)[C@@H]1N=C(c2ccc(OC)cc2)O[C@H]1c1cccc(C)c1. The predicted octanol–water partition coefficient (Wildman–Crippen LogP) is 3.06. The van der Waals surface area contributed by atoms with E-state index in [1.807, 2.05) is 55.5 Å². The van der Waals surface area contributed by atoms with Gasteiger partial charge >= 0.3 is 5.97 Å². The number of carbonyl (C=O) groups excluding carboxylic acids is 1. The fourth-order valence-electron chi connectivity index (χ4n) is 2.68. The molecule has 0 N–H and O–H groups in total. The molecule has 0 saturated heterocycles. The molecule has 24 heavy (non-hydrogen) atoms. The first-order valence-electron chi connectivity index (χ1n) is 7.65. The first-order chi connectivity index (χ1) is 11.6. The Morgan fingerprint density at radius 1 is 1.12 bits per heavy atom. The maximum absolute atomic E-state index is 12.1. The van der Waals surface area contributed by atoms with Crippen molar-refractivity contribution in [3.8, 4) is 5.75 Å². The van der Waals surface area contributed by atoms with Gasteiger partial charge in [0.15, 0.2) is 12.1 Å². The Morgan fingerprint density at radius 3 is 2.50 bits per heavy atom. The van der Waals surface area contributed by atoms with Crippen LogP contribution in [0.25, 0.3) is 0 Å². The number of ether oxygens (including phenoxy) is 3. The third kappa shape index (κ3) is 3.11. The highest BCUT2D eigenvalue weighted by atomic mass is 16.5. The second-order valence-corrected chi connectivity index (χ2v) is 5.58. The summed E-state index contributed by atoms with van der Waals surface area (Å²) in [5.41, 5.74) is 2.79. The lowest BCUT2D eigenvalue weighted by Gasteiger charge is -2.17. The lowest BCUT2D eigenvalue weighted by atomic mass is 10.0. The highest BCUT2D eigenvalue weighted by molar-refractivity contribution is 5.98. The van der Waals surface area contributed by atoms with E-state index < -0.39 is 18.1 Å². The van der Waals surface area contributed by atoms with Gasteiger partial charge in [-0.15, -0.1) is 0 Å². The van der Waals surface area contributed by atoms with E-state index in [9.17, 15) is 4.79 Å². The lowest BCUT2D eigenvalue weighted by Crippen LogP contribution is -2.25.